The van der Waals surface area contributed by atoms with Gasteiger partial charge in [0.25, 0.3) is 5.91 Å². The van der Waals surface area contributed by atoms with Crippen molar-refractivity contribution in [3.63, 3.8) is 0 Å². The molecule has 4 nitrogen and oxygen atoms in total. The van der Waals surface area contributed by atoms with Gasteiger partial charge in [-0.1, -0.05) is 19.9 Å². The first-order chi connectivity index (χ1) is 9.90. The van der Waals surface area contributed by atoms with Crippen molar-refractivity contribution in [2.75, 3.05) is 18.4 Å². The third-order valence-electron chi connectivity index (χ3n) is 4.40. The fourth-order valence-electron chi connectivity index (χ4n) is 2.53. The molecule has 116 valence electrons. The van der Waals surface area contributed by atoms with Gasteiger partial charge in [-0.25, -0.2) is 0 Å². The molecular weight excluding hydrogens is 264 g/mol. The molecule has 4 heteroatoms. The molecule has 0 aromatic heterocycles. The van der Waals surface area contributed by atoms with Gasteiger partial charge in [0.1, 0.15) is 0 Å². The van der Waals surface area contributed by atoms with E-state index >= 15 is 0 Å². The number of aliphatic hydroxyl groups excluding tert-OH is 1. The number of benzene rings is 1. The van der Waals surface area contributed by atoms with Crippen LogP contribution in [0.2, 0.25) is 0 Å². The van der Waals surface area contributed by atoms with Crippen LogP contribution in [-0.2, 0) is 0 Å². The second kappa shape index (κ2) is 6.48. The third kappa shape index (κ3) is 3.56. The zero-order valence-corrected chi connectivity index (χ0v) is 13.4. The molecule has 2 atom stereocenters. The van der Waals surface area contributed by atoms with Gasteiger partial charge in [-0.2, -0.15) is 0 Å². The molecule has 0 radical (unpaired) electrons. The maximum absolute atomic E-state index is 12.6. The topological polar surface area (TPSA) is 52.6 Å². The highest BCUT2D eigenvalue weighted by Gasteiger charge is 2.26. The van der Waals surface area contributed by atoms with E-state index in [2.05, 4.69) is 26.1 Å². The number of anilines is 1. The van der Waals surface area contributed by atoms with Crippen LogP contribution in [0.3, 0.4) is 0 Å². The molecule has 21 heavy (non-hydrogen) atoms. The molecular formula is C17H26N2O2. The summed E-state index contributed by atoms with van der Waals surface area (Å²) in [6.07, 6.45) is 0.296. The van der Waals surface area contributed by atoms with Crippen LogP contribution in [0.5, 0.6) is 0 Å². The van der Waals surface area contributed by atoms with Gasteiger partial charge in [0.2, 0.25) is 0 Å². The normalized spacial score (nSPS) is 19.9. The van der Waals surface area contributed by atoms with Gasteiger partial charge in [0.05, 0.1) is 6.10 Å². The van der Waals surface area contributed by atoms with Crippen molar-refractivity contribution in [1.29, 1.82) is 0 Å². The van der Waals surface area contributed by atoms with E-state index in [-0.39, 0.29) is 12.0 Å². The summed E-state index contributed by atoms with van der Waals surface area (Å²) in [5, 5.41) is 13.1. The zero-order chi connectivity index (χ0) is 15.6. The Balaban J connectivity index is 2.19. The van der Waals surface area contributed by atoms with Crippen molar-refractivity contribution in [1.82, 2.24) is 4.90 Å². The Morgan fingerprint density at radius 1 is 1.38 bits per heavy atom. The SMILES string of the molecule is Cc1c(NC(C)C(C)C)cccc1C(=O)N1CC[C@H](O)C1. The average molecular weight is 290 g/mol. The number of amides is 1. The van der Waals surface area contributed by atoms with Crippen molar-refractivity contribution in [2.45, 2.75) is 46.3 Å². The van der Waals surface area contributed by atoms with E-state index in [0.29, 0.717) is 31.5 Å². The van der Waals surface area contributed by atoms with Crippen LogP contribution < -0.4 is 5.32 Å². The zero-order valence-electron chi connectivity index (χ0n) is 13.4. The highest BCUT2D eigenvalue weighted by atomic mass is 16.3. The molecule has 0 bridgehead atoms. The predicted molar refractivity (Wildman–Crippen MR) is 85.6 cm³/mol. The van der Waals surface area contributed by atoms with E-state index in [1.165, 1.54) is 0 Å². The van der Waals surface area contributed by atoms with Crippen molar-refractivity contribution in [3.8, 4) is 0 Å². The van der Waals surface area contributed by atoms with Crippen LogP contribution in [0.25, 0.3) is 0 Å². The lowest BCUT2D eigenvalue weighted by molar-refractivity contribution is 0.0764. The van der Waals surface area contributed by atoms with E-state index in [0.717, 1.165) is 16.8 Å². The van der Waals surface area contributed by atoms with E-state index in [9.17, 15) is 9.90 Å². The molecule has 1 aliphatic heterocycles. The van der Waals surface area contributed by atoms with Gasteiger partial charge < -0.3 is 15.3 Å². The minimum absolute atomic E-state index is 0.0184. The second-order valence-electron chi connectivity index (χ2n) is 6.35. The standard InChI is InChI=1S/C17H26N2O2/c1-11(2)13(4)18-16-7-5-6-15(12(16)3)17(21)19-9-8-14(20)10-19/h5-7,11,13-14,18,20H,8-10H2,1-4H3/t13?,14-/m0/s1. The number of nitrogens with zero attached hydrogens (tertiary/aromatic N) is 1. The summed E-state index contributed by atoms with van der Waals surface area (Å²) in [7, 11) is 0. The average Bonchev–Trinajstić information content (AvgIpc) is 2.87. The number of carbonyl (C=O) groups is 1. The number of aliphatic hydroxyl groups is 1. The largest absolute Gasteiger partial charge is 0.391 e. The molecule has 1 aliphatic rings. The molecule has 0 saturated carbocycles. The summed E-state index contributed by atoms with van der Waals surface area (Å²) in [4.78, 5) is 14.3. The third-order valence-corrected chi connectivity index (χ3v) is 4.40. The van der Waals surface area contributed by atoms with Crippen LogP contribution in [0, 0.1) is 12.8 Å². The van der Waals surface area contributed by atoms with Gasteiger partial charge in [-0.3, -0.25) is 4.79 Å². The summed E-state index contributed by atoms with van der Waals surface area (Å²) in [5.74, 6) is 0.544. The Kier molecular flexibility index (Phi) is 4.88. The highest BCUT2D eigenvalue weighted by Crippen LogP contribution is 2.23. The van der Waals surface area contributed by atoms with Crippen LogP contribution in [0.15, 0.2) is 18.2 Å². The molecule has 1 fully saturated rings. The van der Waals surface area contributed by atoms with Gasteiger partial charge in [0, 0.05) is 30.4 Å². The fourth-order valence-corrected chi connectivity index (χ4v) is 2.53. The minimum atomic E-state index is -0.378. The van der Waals surface area contributed by atoms with Crippen LogP contribution in [0.1, 0.15) is 43.1 Å². The molecule has 1 aromatic rings. The number of hydrogen-bond acceptors (Lipinski definition) is 3. The second-order valence-corrected chi connectivity index (χ2v) is 6.35. The summed E-state index contributed by atoms with van der Waals surface area (Å²) in [6.45, 7) is 9.56. The summed E-state index contributed by atoms with van der Waals surface area (Å²) in [6, 6.07) is 6.15. The van der Waals surface area contributed by atoms with Crippen LogP contribution in [0.4, 0.5) is 5.69 Å². The number of nitrogens with one attached hydrogen (secondary N) is 1. The van der Waals surface area contributed by atoms with E-state index in [1.807, 2.05) is 25.1 Å². The molecule has 1 aromatic carbocycles. The Bertz CT molecular complexity index is 514. The molecule has 2 N–H and O–H groups in total. The first kappa shape index (κ1) is 15.8. The summed E-state index contributed by atoms with van der Waals surface area (Å²) in [5.41, 5.74) is 2.73. The molecule has 0 aliphatic carbocycles. The molecule has 1 amide bonds. The van der Waals surface area contributed by atoms with Gasteiger partial charge in [0.15, 0.2) is 0 Å². The van der Waals surface area contributed by atoms with Gasteiger partial charge in [-0.15, -0.1) is 0 Å². The first-order valence-electron chi connectivity index (χ1n) is 7.73. The van der Waals surface area contributed by atoms with Crippen LogP contribution >= 0.6 is 0 Å². The lowest BCUT2D eigenvalue weighted by Crippen LogP contribution is -2.30. The van der Waals surface area contributed by atoms with Crippen molar-refractivity contribution in [3.05, 3.63) is 29.3 Å². The first-order valence-corrected chi connectivity index (χ1v) is 7.73. The molecule has 1 saturated heterocycles. The predicted octanol–water partition coefficient (Wildman–Crippen LogP) is 2.66. The smallest absolute Gasteiger partial charge is 0.254 e. The summed E-state index contributed by atoms with van der Waals surface area (Å²) >= 11 is 0. The maximum atomic E-state index is 12.6. The lowest BCUT2D eigenvalue weighted by atomic mass is 10.0. The highest BCUT2D eigenvalue weighted by molar-refractivity contribution is 5.97. The van der Waals surface area contributed by atoms with Crippen molar-refractivity contribution < 1.29 is 9.90 Å². The Morgan fingerprint density at radius 3 is 2.67 bits per heavy atom. The van der Waals surface area contributed by atoms with Gasteiger partial charge in [-0.05, 0) is 43.9 Å². The summed E-state index contributed by atoms with van der Waals surface area (Å²) < 4.78 is 0. The molecule has 1 unspecified atom stereocenters. The number of rotatable bonds is 4. The Hall–Kier alpha value is -1.55. The monoisotopic (exact) mass is 290 g/mol. The van der Waals surface area contributed by atoms with E-state index < -0.39 is 0 Å². The number of likely N-dealkylation sites (tertiary alicyclic amines) is 1. The molecule has 1 heterocycles. The quantitative estimate of drug-likeness (QED) is 0.896. The number of hydrogen-bond donors (Lipinski definition) is 2. The van der Waals surface area contributed by atoms with Gasteiger partial charge >= 0.3 is 0 Å². The Labute approximate surface area is 127 Å². The maximum Gasteiger partial charge on any atom is 0.254 e. The number of carbonyl (C=O) groups excluding carboxylic acids is 1. The molecule has 0 spiro atoms. The van der Waals surface area contributed by atoms with Crippen molar-refractivity contribution >= 4 is 11.6 Å². The molecule has 2 rings (SSSR count). The number of β-amino-alcohol motifs (C(OH)–C–C–N with tert-alkyl or cyclic N) is 1. The van der Waals surface area contributed by atoms with Crippen LogP contribution in [-0.4, -0.2) is 41.1 Å². The van der Waals surface area contributed by atoms with Crippen molar-refractivity contribution in [2.24, 2.45) is 5.92 Å². The minimum Gasteiger partial charge on any atom is -0.391 e. The fraction of sp³-hybridized carbons (Fsp3) is 0.588. The van der Waals surface area contributed by atoms with E-state index in [1.54, 1.807) is 4.90 Å². The Morgan fingerprint density at radius 2 is 2.10 bits per heavy atom. The van der Waals surface area contributed by atoms with E-state index in [4.69, 9.17) is 0 Å². The lowest BCUT2D eigenvalue weighted by Gasteiger charge is -2.22.